The van der Waals surface area contributed by atoms with Crippen molar-refractivity contribution in [2.24, 2.45) is 11.8 Å². The molecule has 0 radical (unpaired) electrons. The number of anilines is 1. The van der Waals surface area contributed by atoms with E-state index in [2.05, 4.69) is 6.58 Å². The molecule has 2 aromatic rings. The van der Waals surface area contributed by atoms with E-state index in [1.54, 1.807) is 17.9 Å². The molecular weight excluding hydrogens is 508 g/mol. The summed E-state index contributed by atoms with van der Waals surface area (Å²) in [6.07, 6.45) is 2.56. The molecule has 212 valence electrons. The van der Waals surface area contributed by atoms with E-state index >= 15 is 0 Å². The molecule has 3 fully saturated rings. The number of aliphatic hydroxyl groups is 1. The number of benzene rings is 2. The number of amides is 2. The van der Waals surface area contributed by atoms with Gasteiger partial charge in [-0.3, -0.25) is 14.4 Å². The maximum atomic E-state index is 14.8. The number of ether oxygens (including phenoxy) is 2. The standard InChI is InChI=1S/C32H38N2O6/c1-5-17-33(27-20(3)11-10-12-21(27)4)30(37)28-32-16-15-24(40-32)25(31(38)39-6-2)26(32)29(36)34(28)23(19-35)18-22-13-8-7-9-14-22/h5,7-14,23-26,28,35H,1,6,15-19H2,2-4H3/t23-,24+,25-,26+,28?,32?/m1/s1. The Morgan fingerprint density at radius 2 is 1.90 bits per heavy atom. The zero-order valence-electron chi connectivity index (χ0n) is 23.4. The Labute approximate surface area is 235 Å². The van der Waals surface area contributed by atoms with Gasteiger partial charge >= 0.3 is 5.97 Å². The second kappa shape index (κ2) is 11.2. The molecular formula is C32H38N2O6. The van der Waals surface area contributed by atoms with Crippen molar-refractivity contribution in [1.29, 1.82) is 0 Å². The lowest BCUT2D eigenvalue weighted by molar-refractivity contribution is -0.155. The van der Waals surface area contributed by atoms with Crippen LogP contribution in [0.1, 0.15) is 36.5 Å². The number of carbonyl (C=O) groups excluding carboxylic acids is 3. The minimum atomic E-state index is -1.18. The van der Waals surface area contributed by atoms with Crippen molar-refractivity contribution in [2.45, 2.75) is 63.8 Å². The lowest BCUT2D eigenvalue weighted by Gasteiger charge is -2.40. The lowest BCUT2D eigenvalue weighted by Crippen LogP contribution is -2.59. The third-order valence-corrected chi connectivity index (χ3v) is 8.74. The molecule has 2 bridgehead atoms. The third kappa shape index (κ3) is 4.43. The summed E-state index contributed by atoms with van der Waals surface area (Å²) in [7, 11) is 0. The first-order chi connectivity index (χ1) is 19.3. The second-order valence-electron chi connectivity index (χ2n) is 11.1. The predicted octanol–water partition coefficient (Wildman–Crippen LogP) is 3.36. The molecule has 6 atom stereocenters. The Hall–Kier alpha value is -3.49. The minimum absolute atomic E-state index is 0.189. The molecule has 2 unspecified atom stereocenters. The fourth-order valence-electron chi connectivity index (χ4n) is 7.21. The summed E-state index contributed by atoms with van der Waals surface area (Å²) in [5, 5.41) is 10.6. The highest BCUT2D eigenvalue weighted by Gasteiger charge is 2.75. The quantitative estimate of drug-likeness (QED) is 0.363. The van der Waals surface area contributed by atoms with Crippen LogP contribution in [0.25, 0.3) is 0 Å². The van der Waals surface area contributed by atoms with Crippen LogP contribution in [-0.4, -0.2) is 71.3 Å². The van der Waals surface area contributed by atoms with Gasteiger partial charge in [-0.2, -0.15) is 0 Å². The number of hydrogen-bond acceptors (Lipinski definition) is 6. The van der Waals surface area contributed by atoms with E-state index in [1.807, 2.05) is 62.4 Å². The van der Waals surface area contributed by atoms with Crippen molar-refractivity contribution >= 4 is 23.5 Å². The fourth-order valence-corrected chi connectivity index (χ4v) is 7.21. The Morgan fingerprint density at radius 1 is 1.20 bits per heavy atom. The number of aliphatic hydroxyl groups excluding tert-OH is 1. The van der Waals surface area contributed by atoms with E-state index in [4.69, 9.17) is 9.47 Å². The largest absolute Gasteiger partial charge is 0.466 e. The normalized spacial score (nSPS) is 27.4. The summed E-state index contributed by atoms with van der Waals surface area (Å²) in [6, 6.07) is 13.7. The SMILES string of the molecule is C=CCN(C(=O)C1N([C@@H](CO)Cc2ccccc2)C(=O)[C@@H]2[C@H](C(=O)OCC)[C@@H]3CCC12O3)c1c(C)cccc1C. The van der Waals surface area contributed by atoms with Crippen LogP contribution in [0.4, 0.5) is 5.69 Å². The van der Waals surface area contributed by atoms with Crippen LogP contribution in [0.3, 0.4) is 0 Å². The molecule has 5 rings (SSSR count). The van der Waals surface area contributed by atoms with Gasteiger partial charge in [-0.25, -0.2) is 0 Å². The summed E-state index contributed by atoms with van der Waals surface area (Å²) in [6.45, 7) is 9.61. The minimum Gasteiger partial charge on any atom is -0.466 e. The highest BCUT2D eigenvalue weighted by Crippen LogP contribution is 2.59. The van der Waals surface area contributed by atoms with Crippen molar-refractivity contribution in [3.63, 3.8) is 0 Å². The molecule has 3 aliphatic rings. The van der Waals surface area contributed by atoms with Gasteiger partial charge in [-0.1, -0.05) is 54.6 Å². The first kappa shape index (κ1) is 28.1. The second-order valence-corrected chi connectivity index (χ2v) is 11.1. The van der Waals surface area contributed by atoms with Crippen LogP contribution < -0.4 is 4.90 Å². The number of hydrogen-bond donors (Lipinski definition) is 1. The summed E-state index contributed by atoms with van der Waals surface area (Å²) in [4.78, 5) is 45.5. The van der Waals surface area contributed by atoms with Gasteiger partial charge in [-0.05, 0) is 56.7 Å². The van der Waals surface area contributed by atoms with Crippen molar-refractivity contribution in [1.82, 2.24) is 4.90 Å². The number of aryl methyl sites for hydroxylation is 2. The molecule has 3 saturated heterocycles. The molecule has 2 aromatic carbocycles. The molecule has 0 aromatic heterocycles. The van der Waals surface area contributed by atoms with Crippen molar-refractivity contribution < 1.29 is 29.0 Å². The number of rotatable bonds is 10. The van der Waals surface area contributed by atoms with Gasteiger partial charge in [0.2, 0.25) is 5.91 Å². The summed E-state index contributed by atoms with van der Waals surface area (Å²) in [5.74, 6) is -2.75. The van der Waals surface area contributed by atoms with Crippen LogP contribution in [-0.2, 0) is 30.3 Å². The van der Waals surface area contributed by atoms with E-state index in [-0.39, 0.29) is 31.6 Å². The van der Waals surface area contributed by atoms with E-state index in [9.17, 15) is 19.5 Å². The van der Waals surface area contributed by atoms with Crippen molar-refractivity contribution in [2.75, 3.05) is 24.7 Å². The Morgan fingerprint density at radius 3 is 2.52 bits per heavy atom. The molecule has 1 spiro atoms. The van der Waals surface area contributed by atoms with Gasteiger partial charge < -0.3 is 24.4 Å². The van der Waals surface area contributed by atoms with Gasteiger partial charge in [0.1, 0.15) is 11.6 Å². The smallest absolute Gasteiger partial charge is 0.312 e. The molecule has 0 saturated carbocycles. The maximum absolute atomic E-state index is 14.8. The average Bonchev–Trinajstić information content (AvgIpc) is 3.59. The molecule has 40 heavy (non-hydrogen) atoms. The first-order valence-electron chi connectivity index (χ1n) is 14.1. The molecule has 3 heterocycles. The monoisotopic (exact) mass is 546 g/mol. The highest BCUT2D eigenvalue weighted by molar-refractivity contribution is 6.05. The lowest BCUT2D eigenvalue weighted by atomic mass is 9.70. The maximum Gasteiger partial charge on any atom is 0.312 e. The molecule has 2 amide bonds. The van der Waals surface area contributed by atoms with Gasteiger partial charge in [0.05, 0.1) is 37.2 Å². The van der Waals surface area contributed by atoms with Gasteiger partial charge in [0, 0.05) is 12.2 Å². The van der Waals surface area contributed by atoms with Crippen molar-refractivity contribution in [3.8, 4) is 0 Å². The fraction of sp³-hybridized carbons (Fsp3) is 0.469. The third-order valence-electron chi connectivity index (χ3n) is 8.74. The number of likely N-dealkylation sites (tertiary alicyclic amines) is 1. The van der Waals surface area contributed by atoms with E-state index < -0.39 is 41.6 Å². The Balaban J connectivity index is 1.63. The summed E-state index contributed by atoms with van der Waals surface area (Å²) >= 11 is 0. The summed E-state index contributed by atoms with van der Waals surface area (Å²) in [5.41, 5.74) is 2.35. The zero-order valence-corrected chi connectivity index (χ0v) is 23.4. The predicted molar refractivity (Wildman–Crippen MR) is 151 cm³/mol. The average molecular weight is 547 g/mol. The number of fused-ring (bicyclic) bond motifs is 1. The van der Waals surface area contributed by atoms with Crippen LogP contribution in [0.2, 0.25) is 0 Å². The Bertz CT molecular complexity index is 1280. The first-order valence-corrected chi connectivity index (χ1v) is 14.1. The van der Waals surface area contributed by atoms with E-state index in [0.717, 1.165) is 22.4 Å². The van der Waals surface area contributed by atoms with Crippen molar-refractivity contribution in [3.05, 3.63) is 77.9 Å². The topological polar surface area (TPSA) is 96.4 Å². The van der Waals surface area contributed by atoms with Crippen LogP contribution in [0.15, 0.2) is 61.2 Å². The molecule has 1 N–H and O–H groups in total. The van der Waals surface area contributed by atoms with E-state index in [1.165, 1.54) is 4.90 Å². The van der Waals surface area contributed by atoms with Crippen LogP contribution >= 0.6 is 0 Å². The number of carbonyl (C=O) groups is 3. The van der Waals surface area contributed by atoms with Gasteiger partial charge in [0.15, 0.2) is 0 Å². The molecule has 8 nitrogen and oxygen atoms in total. The Kier molecular flexibility index (Phi) is 7.84. The molecule has 8 heteroatoms. The molecule has 3 aliphatic heterocycles. The van der Waals surface area contributed by atoms with E-state index in [0.29, 0.717) is 19.3 Å². The van der Waals surface area contributed by atoms with Gasteiger partial charge in [0.25, 0.3) is 5.91 Å². The van der Waals surface area contributed by atoms with Crippen LogP contribution in [0.5, 0.6) is 0 Å². The summed E-state index contributed by atoms with van der Waals surface area (Å²) < 4.78 is 11.9. The van der Waals surface area contributed by atoms with Gasteiger partial charge in [-0.15, -0.1) is 6.58 Å². The number of esters is 1. The molecule has 0 aliphatic carbocycles. The zero-order chi connectivity index (χ0) is 28.6. The number of para-hydroxylation sites is 1. The number of nitrogens with zero attached hydrogens (tertiary/aromatic N) is 2. The van der Waals surface area contributed by atoms with Crippen LogP contribution in [0, 0.1) is 25.7 Å². The highest BCUT2D eigenvalue weighted by atomic mass is 16.6.